The van der Waals surface area contributed by atoms with Crippen molar-refractivity contribution in [3.63, 3.8) is 0 Å². The fourth-order valence-corrected chi connectivity index (χ4v) is 8.05. The lowest BCUT2D eigenvalue weighted by Crippen LogP contribution is -2.30. The standard InChI is InChI=1S/C36H44O4/c1-5-33(3)25-13-17-29(37-25)35(21-9-7-10-22-35)31-19-15-27(39-31)34(4,6-2)28-16-20-32(40-28)36(23-11-8-12-24-36)30-18-14-26(33)38-30/h13-20H,5-12,21-24H2,1-4H3. The Morgan fingerprint density at radius 2 is 0.675 bits per heavy atom. The Kier molecular flexibility index (Phi) is 6.07. The Hall–Kier alpha value is -2.88. The van der Waals surface area contributed by atoms with Crippen molar-refractivity contribution in [2.75, 3.05) is 0 Å². The van der Waals surface area contributed by atoms with E-state index in [9.17, 15) is 0 Å². The van der Waals surface area contributed by atoms with Crippen molar-refractivity contribution in [3.05, 3.63) is 94.6 Å². The lowest BCUT2D eigenvalue weighted by molar-refractivity contribution is 0.203. The van der Waals surface area contributed by atoms with Crippen molar-refractivity contribution >= 4 is 0 Å². The highest BCUT2D eigenvalue weighted by Crippen LogP contribution is 2.52. The predicted octanol–water partition coefficient (Wildman–Crippen LogP) is 10.3. The van der Waals surface area contributed by atoms with Crippen molar-refractivity contribution in [1.82, 2.24) is 0 Å². The lowest BCUT2D eigenvalue weighted by Gasteiger charge is -2.35. The van der Waals surface area contributed by atoms with E-state index in [1.165, 1.54) is 38.5 Å². The molecule has 0 radical (unpaired) electrons. The van der Waals surface area contributed by atoms with Gasteiger partial charge in [-0.3, -0.25) is 0 Å². The summed E-state index contributed by atoms with van der Waals surface area (Å²) in [6.07, 6.45) is 13.1. The van der Waals surface area contributed by atoms with Gasteiger partial charge in [-0.25, -0.2) is 0 Å². The quantitative estimate of drug-likeness (QED) is 0.254. The minimum atomic E-state index is -0.358. The van der Waals surface area contributed by atoms with Crippen LogP contribution in [0.4, 0.5) is 0 Å². The zero-order valence-corrected chi connectivity index (χ0v) is 24.7. The third kappa shape index (κ3) is 3.56. The van der Waals surface area contributed by atoms with Gasteiger partial charge in [-0.05, 0) is 101 Å². The number of hydrogen-bond acceptors (Lipinski definition) is 4. The molecule has 4 aromatic heterocycles. The van der Waals surface area contributed by atoms with Gasteiger partial charge in [0.25, 0.3) is 0 Å². The molecule has 8 bridgehead atoms. The molecule has 4 nitrogen and oxygen atoms in total. The molecule has 4 aromatic rings. The predicted molar refractivity (Wildman–Crippen MR) is 156 cm³/mol. The first kappa shape index (κ1) is 26.0. The van der Waals surface area contributed by atoms with Gasteiger partial charge in [-0.15, -0.1) is 0 Å². The number of furan rings is 4. The fraction of sp³-hybridized carbons (Fsp3) is 0.556. The summed E-state index contributed by atoms with van der Waals surface area (Å²) in [6.45, 7) is 9.01. The molecule has 0 saturated heterocycles. The average molecular weight is 541 g/mol. The van der Waals surface area contributed by atoms with Crippen molar-refractivity contribution in [3.8, 4) is 0 Å². The zero-order chi connectivity index (χ0) is 27.6. The molecule has 40 heavy (non-hydrogen) atoms. The Morgan fingerprint density at radius 3 is 0.925 bits per heavy atom. The molecule has 7 rings (SSSR count). The van der Waals surface area contributed by atoms with E-state index in [2.05, 4.69) is 76.2 Å². The second-order valence-corrected chi connectivity index (χ2v) is 13.3. The van der Waals surface area contributed by atoms with Crippen LogP contribution in [-0.2, 0) is 21.7 Å². The molecule has 212 valence electrons. The molecule has 1 aliphatic heterocycles. The Morgan fingerprint density at radius 1 is 0.425 bits per heavy atom. The van der Waals surface area contributed by atoms with Gasteiger partial charge in [0.1, 0.15) is 46.1 Å². The first-order valence-electron chi connectivity index (χ1n) is 15.8. The van der Waals surface area contributed by atoms with Gasteiger partial charge in [0.2, 0.25) is 0 Å². The molecular weight excluding hydrogens is 496 g/mol. The Balaban J connectivity index is 1.48. The number of hydrogen-bond donors (Lipinski definition) is 0. The molecule has 2 aliphatic carbocycles. The van der Waals surface area contributed by atoms with E-state index in [0.29, 0.717) is 0 Å². The van der Waals surface area contributed by atoms with Crippen LogP contribution in [0.25, 0.3) is 0 Å². The fourth-order valence-electron chi connectivity index (χ4n) is 8.05. The van der Waals surface area contributed by atoms with Gasteiger partial charge in [0.15, 0.2) is 0 Å². The van der Waals surface area contributed by atoms with E-state index < -0.39 is 0 Å². The van der Waals surface area contributed by atoms with Crippen LogP contribution in [0.2, 0.25) is 0 Å². The van der Waals surface area contributed by atoms with Crippen LogP contribution >= 0.6 is 0 Å². The average Bonchev–Trinajstić information content (AvgIpc) is 3.83. The van der Waals surface area contributed by atoms with Crippen LogP contribution in [0.1, 0.15) is 151 Å². The smallest absolute Gasteiger partial charge is 0.117 e. The van der Waals surface area contributed by atoms with Gasteiger partial charge in [-0.1, -0.05) is 52.4 Å². The topological polar surface area (TPSA) is 52.6 Å². The summed E-state index contributed by atoms with van der Waals surface area (Å²) < 4.78 is 27.7. The summed E-state index contributed by atoms with van der Waals surface area (Å²) in [5.41, 5.74) is -1.21. The lowest BCUT2D eigenvalue weighted by atomic mass is 9.70. The van der Waals surface area contributed by atoms with Crippen molar-refractivity contribution < 1.29 is 17.7 Å². The summed E-state index contributed by atoms with van der Waals surface area (Å²) in [5.74, 6) is 8.04. The normalized spacial score (nSPS) is 27.3. The van der Waals surface area contributed by atoms with Crippen LogP contribution < -0.4 is 0 Å². The van der Waals surface area contributed by atoms with Crippen LogP contribution in [0.3, 0.4) is 0 Å². The van der Waals surface area contributed by atoms with Gasteiger partial charge in [-0.2, -0.15) is 0 Å². The molecule has 2 saturated carbocycles. The molecule has 0 atom stereocenters. The van der Waals surface area contributed by atoms with E-state index in [1.807, 2.05) is 0 Å². The SMILES string of the molecule is CCC1(C)c2ccc(o2)C2(CCCCC2)c2ccc(o2)C(C)(CC)c2ccc(o2)C2(CCCCC2)c2ccc1o2. The highest BCUT2D eigenvalue weighted by molar-refractivity contribution is 5.40. The summed E-state index contributed by atoms with van der Waals surface area (Å²) >= 11 is 0. The zero-order valence-electron chi connectivity index (χ0n) is 24.7. The first-order chi connectivity index (χ1) is 19.4. The third-order valence-electron chi connectivity index (χ3n) is 11.3. The van der Waals surface area contributed by atoms with E-state index >= 15 is 0 Å². The van der Waals surface area contributed by atoms with Crippen LogP contribution in [0.5, 0.6) is 0 Å². The number of fused-ring (bicyclic) bond motifs is 12. The van der Waals surface area contributed by atoms with E-state index in [4.69, 9.17) is 17.7 Å². The molecule has 0 unspecified atom stereocenters. The number of rotatable bonds is 2. The second-order valence-electron chi connectivity index (χ2n) is 13.3. The van der Waals surface area contributed by atoms with Gasteiger partial charge < -0.3 is 17.7 Å². The Bertz CT molecular complexity index is 1270. The highest BCUT2D eigenvalue weighted by atomic mass is 16.4. The molecule has 3 aliphatic rings. The Labute approximate surface area is 238 Å². The molecule has 0 aromatic carbocycles. The van der Waals surface area contributed by atoms with Crippen LogP contribution in [0.15, 0.2) is 66.2 Å². The maximum absolute atomic E-state index is 6.92. The summed E-state index contributed by atoms with van der Waals surface area (Å²) in [7, 11) is 0. The van der Waals surface area contributed by atoms with E-state index in [-0.39, 0.29) is 21.7 Å². The summed E-state index contributed by atoms with van der Waals surface area (Å²) in [4.78, 5) is 0. The molecule has 4 heteroatoms. The maximum Gasteiger partial charge on any atom is 0.117 e. The van der Waals surface area contributed by atoms with Gasteiger partial charge in [0.05, 0.1) is 21.7 Å². The van der Waals surface area contributed by atoms with E-state index in [1.54, 1.807) is 0 Å². The minimum absolute atomic E-state index is 0.246. The minimum Gasteiger partial charge on any atom is -0.464 e. The molecule has 5 heterocycles. The summed E-state index contributed by atoms with van der Waals surface area (Å²) in [5, 5.41) is 0. The van der Waals surface area contributed by atoms with Crippen LogP contribution in [0, 0.1) is 0 Å². The monoisotopic (exact) mass is 540 g/mol. The van der Waals surface area contributed by atoms with Crippen molar-refractivity contribution in [2.45, 2.75) is 126 Å². The van der Waals surface area contributed by atoms with E-state index in [0.717, 1.165) is 84.6 Å². The van der Waals surface area contributed by atoms with Crippen molar-refractivity contribution in [1.29, 1.82) is 0 Å². The van der Waals surface area contributed by atoms with Crippen molar-refractivity contribution in [2.24, 2.45) is 0 Å². The molecule has 2 spiro atoms. The second kappa shape index (κ2) is 9.33. The highest BCUT2D eigenvalue weighted by Gasteiger charge is 2.47. The van der Waals surface area contributed by atoms with Crippen LogP contribution in [-0.4, -0.2) is 0 Å². The third-order valence-corrected chi connectivity index (χ3v) is 11.3. The largest absolute Gasteiger partial charge is 0.464 e. The van der Waals surface area contributed by atoms with Gasteiger partial charge >= 0.3 is 0 Å². The molecular formula is C36H44O4. The molecule has 0 N–H and O–H groups in total. The maximum atomic E-state index is 6.92. The summed E-state index contributed by atoms with van der Waals surface area (Å²) in [6, 6.07) is 17.7. The van der Waals surface area contributed by atoms with Gasteiger partial charge in [0, 0.05) is 0 Å². The first-order valence-corrected chi connectivity index (χ1v) is 15.8. The molecule has 2 fully saturated rings. The molecule has 0 amide bonds.